The van der Waals surface area contributed by atoms with Gasteiger partial charge in [0.15, 0.2) is 11.6 Å². The quantitative estimate of drug-likeness (QED) is 0.126. The molecule has 1 aliphatic carbocycles. The highest BCUT2D eigenvalue weighted by Gasteiger charge is 2.44. The first-order chi connectivity index (χ1) is 20.4. The number of rotatable bonds is 6. The van der Waals surface area contributed by atoms with E-state index in [0.717, 1.165) is 5.56 Å². The number of carbonyl (C=O) groups is 3. The van der Waals surface area contributed by atoms with E-state index in [-0.39, 0.29) is 50.4 Å². The zero-order valence-corrected chi connectivity index (χ0v) is 23.5. The molecule has 1 saturated heterocycles. The molecule has 0 radical (unpaired) electrons. The molecule has 1 aliphatic heterocycles. The van der Waals surface area contributed by atoms with Gasteiger partial charge in [0.25, 0.3) is 0 Å². The van der Waals surface area contributed by atoms with Crippen molar-refractivity contribution in [2.45, 2.75) is 58.1 Å². The topological polar surface area (TPSA) is 180 Å². The number of carbonyl (C=O) groups excluding carboxylic acids is 3. The van der Waals surface area contributed by atoms with E-state index < -0.39 is 60.6 Å². The SMILES string of the molecule is CC(=O)Oc1cc(CO)c2c(c1C=Cc1ccccc1)C(=O)c1cc(OC3OC(C)C(O)C(O)C3O)c(C)c(O)c1C2=O. The number of hydrogen-bond acceptors (Lipinski definition) is 11. The smallest absolute Gasteiger partial charge is 0.308 e. The summed E-state index contributed by atoms with van der Waals surface area (Å²) in [5.74, 6) is -2.91. The van der Waals surface area contributed by atoms with Crippen LogP contribution in [0.2, 0.25) is 0 Å². The van der Waals surface area contributed by atoms with Crippen molar-refractivity contribution in [3.63, 3.8) is 0 Å². The van der Waals surface area contributed by atoms with Gasteiger partial charge >= 0.3 is 5.97 Å². The lowest BCUT2D eigenvalue weighted by atomic mass is 9.78. The predicted molar refractivity (Wildman–Crippen MR) is 152 cm³/mol. The number of ether oxygens (including phenoxy) is 3. The van der Waals surface area contributed by atoms with E-state index in [1.807, 2.05) is 30.3 Å². The van der Waals surface area contributed by atoms with Gasteiger partial charge in [-0.15, -0.1) is 0 Å². The average molecular weight is 591 g/mol. The molecule has 1 heterocycles. The number of aliphatic hydroxyl groups excluding tert-OH is 4. The maximum Gasteiger partial charge on any atom is 0.308 e. The number of phenolic OH excluding ortho intramolecular Hbond substituents is 1. The molecular formula is C32H30O11. The molecule has 0 bridgehead atoms. The number of ketones is 2. The summed E-state index contributed by atoms with van der Waals surface area (Å²) in [5.41, 5.74) is 0.0599. The van der Waals surface area contributed by atoms with Crippen LogP contribution in [0, 0.1) is 6.92 Å². The minimum Gasteiger partial charge on any atom is -0.507 e. The number of benzene rings is 3. The Hall–Kier alpha value is -4.39. The van der Waals surface area contributed by atoms with Gasteiger partial charge in [-0.05, 0) is 43.2 Å². The molecule has 0 aromatic heterocycles. The Morgan fingerprint density at radius 3 is 2.28 bits per heavy atom. The molecule has 2 aliphatic rings. The lowest BCUT2D eigenvalue weighted by Gasteiger charge is -2.39. The van der Waals surface area contributed by atoms with Crippen molar-refractivity contribution < 1.29 is 54.1 Å². The molecule has 0 amide bonds. The van der Waals surface area contributed by atoms with E-state index in [0.29, 0.717) is 0 Å². The van der Waals surface area contributed by atoms with E-state index in [2.05, 4.69) is 0 Å². The van der Waals surface area contributed by atoms with Crippen molar-refractivity contribution in [1.82, 2.24) is 0 Å². The minimum absolute atomic E-state index is 0.0183. The fourth-order valence-electron chi connectivity index (χ4n) is 5.27. The van der Waals surface area contributed by atoms with Gasteiger partial charge in [-0.3, -0.25) is 14.4 Å². The molecule has 0 spiro atoms. The molecule has 5 N–H and O–H groups in total. The Morgan fingerprint density at radius 2 is 1.63 bits per heavy atom. The third kappa shape index (κ3) is 5.33. The molecular weight excluding hydrogens is 560 g/mol. The van der Waals surface area contributed by atoms with Gasteiger partial charge in [-0.1, -0.05) is 36.4 Å². The van der Waals surface area contributed by atoms with E-state index in [1.54, 1.807) is 6.08 Å². The predicted octanol–water partition coefficient (Wildman–Crippen LogP) is 2.27. The van der Waals surface area contributed by atoms with Crippen LogP contribution >= 0.6 is 0 Å². The summed E-state index contributed by atoms with van der Waals surface area (Å²) >= 11 is 0. The number of phenols is 1. The van der Waals surface area contributed by atoms with Gasteiger partial charge in [0.2, 0.25) is 6.29 Å². The monoisotopic (exact) mass is 590 g/mol. The second kappa shape index (κ2) is 11.7. The minimum atomic E-state index is -1.67. The third-order valence-electron chi connectivity index (χ3n) is 7.56. The summed E-state index contributed by atoms with van der Waals surface area (Å²) in [7, 11) is 0. The maximum absolute atomic E-state index is 14.2. The number of aliphatic hydroxyl groups is 4. The van der Waals surface area contributed by atoms with E-state index in [4.69, 9.17) is 14.2 Å². The first-order valence-corrected chi connectivity index (χ1v) is 13.5. The Balaban J connectivity index is 1.67. The molecule has 0 saturated carbocycles. The van der Waals surface area contributed by atoms with Gasteiger partial charge < -0.3 is 39.7 Å². The number of aromatic hydroxyl groups is 1. The van der Waals surface area contributed by atoms with Crippen LogP contribution in [0.4, 0.5) is 0 Å². The van der Waals surface area contributed by atoms with E-state index in [9.17, 15) is 39.9 Å². The normalized spacial score (nSPS) is 23.2. The van der Waals surface area contributed by atoms with E-state index >= 15 is 0 Å². The van der Waals surface area contributed by atoms with E-state index in [1.165, 1.54) is 39.0 Å². The zero-order valence-electron chi connectivity index (χ0n) is 23.5. The van der Waals surface area contributed by atoms with Gasteiger partial charge in [-0.25, -0.2) is 0 Å². The molecule has 1 fully saturated rings. The second-order valence-electron chi connectivity index (χ2n) is 10.4. The Kier molecular flexibility index (Phi) is 8.19. The molecule has 11 heteroatoms. The van der Waals surface area contributed by atoms with Gasteiger partial charge in [-0.2, -0.15) is 0 Å². The van der Waals surface area contributed by atoms with Gasteiger partial charge in [0, 0.05) is 34.7 Å². The standard InChI is InChI=1S/C32H30O11/c1-14-21(43-32-31(40)30(39)27(36)15(2)41-32)12-20-25(26(14)35)29(38)23-18(13-33)11-22(42-16(3)34)19(24(23)28(20)37)10-9-17-7-5-4-6-8-17/h4-12,15,27,30-33,35-36,39-40H,13H2,1-3H3. The Bertz CT molecular complexity index is 1640. The van der Waals surface area contributed by atoms with Crippen molar-refractivity contribution in [2.75, 3.05) is 0 Å². The van der Waals surface area contributed by atoms with Gasteiger partial charge in [0.05, 0.1) is 18.3 Å². The van der Waals surface area contributed by atoms with Crippen LogP contribution in [-0.4, -0.2) is 73.8 Å². The zero-order chi connectivity index (χ0) is 31.2. The number of esters is 1. The fraction of sp³-hybridized carbons (Fsp3) is 0.281. The fourth-order valence-corrected chi connectivity index (χ4v) is 5.27. The lowest BCUT2D eigenvalue weighted by Crippen LogP contribution is -2.58. The largest absolute Gasteiger partial charge is 0.507 e. The summed E-state index contributed by atoms with van der Waals surface area (Å²) in [6.07, 6.45) is -3.85. The van der Waals surface area contributed by atoms with Crippen LogP contribution in [0.1, 0.15) is 67.9 Å². The summed E-state index contributed by atoms with van der Waals surface area (Å²) in [4.78, 5) is 40.1. The molecule has 3 aromatic rings. The summed E-state index contributed by atoms with van der Waals surface area (Å²) in [6.45, 7) is 3.40. The van der Waals surface area contributed by atoms with Gasteiger partial charge in [0.1, 0.15) is 35.6 Å². The summed E-state index contributed by atoms with van der Waals surface area (Å²) < 4.78 is 16.7. The highest BCUT2D eigenvalue weighted by atomic mass is 16.7. The maximum atomic E-state index is 14.2. The van der Waals surface area contributed by atoms with Crippen LogP contribution in [0.15, 0.2) is 42.5 Å². The molecule has 224 valence electrons. The molecule has 43 heavy (non-hydrogen) atoms. The van der Waals surface area contributed by atoms with Crippen molar-refractivity contribution in [2.24, 2.45) is 0 Å². The van der Waals surface area contributed by atoms with Crippen molar-refractivity contribution in [3.05, 3.63) is 87.0 Å². The lowest BCUT2D eigenvalue weighted by molar-refractivity contribution is -0.268. The first kappa shape index (κ1) is 30.1. The van der Waals surface area contributed by atoms with Crippen LogP contribution in [0.25, 0.3) is 12.2 Å². The highest BCUT2D eigenvalue weighted by molar-refractivity contribution is 6.31. The first-order valence-electron chi connectivity index (χ1n) is 13.5. The second-order valence-corrected chi connectivity index (χ2v) is 10.4. The highest BCUT2D eigenvalue weighted by Crippen LogP contribution is 2.44. The Morgan fingerprint density at radius 1 is 0.930 bits per heavy atom. The van der Waals surface area contributed by atoms with Crippen LogP contribution in [0.3, 0.4) is 0 Å². The van der Waals surface area contributed by atoms with Crippen molar-refractivity contribution in [3.8, 4) is 17.2 Å². The number of fused-ring (bicyclic) bond motifs is 2. The summed E-state index contributed by atoms with van der Waals surface area (Å²) in [5, 5.41) is 52.0. The Labute approximate surface area is 246 Å². The average Bonchev–Trinajstić information content (AvgIpc) is 2.98. The molecule has 5 unspecified atom stereocenters. The molecule has 5 atom stereocenters. The third-order valence-corrected chi connectivity index (χ3v) is 7.56. The van der Waals surface area contributed by atoms with Crippen LogP contribution in [-0.2, 0) is 16.1 Å². The molecule has 3 aromatic carbocycles. The molecule has 5 rings (SSSR count). The summed E-state index contributed by atoms with van der Waals surface area (Å²) in [6, 6.07) is 11.6. The van der Waals surface area contributed by atoms with Crippen molar-refractivity contribution >= 4 is 29.7 Å². The van der Waals surface area contributed by atoms with Crippen molar-refractivity contribution in [1.29, 1.82) is 0 Å². The van der Waals surface area contributed by atoms with Crippen LogP contribution in [0.5, 0.6) is 17.2 Å². The molecule has 11 nitrogen and oxygen atoms in total. The van der Waals surface area contributed by atoms with Crippen LogP contribution < -0.4 is 9.47 Å². The number of hydrogen-bond donors (Lipinski definition) is 5.